The Balaban J connectivity index is 1.93. The first-order chi connectivity index (χ1) is 8.95. The molecule has 1 amide bonds. The van der Waals surface area contributed by atoms with Gasteiger partial charge in [-0.2, -0.15) is 0 Å². The van der Waals surface area contributed by atoms with Crippen LogP contribution in [0.15, 0.2) is 18.2 Å². The number of rotatable bonds is 3. The quantitative estimate of drug-likeness (QED) is 0.867. The normalized spacial score (nSPS) is 23.6. The number of nitrogens with two attached hydrogens (primary N) is 1. The number of hydrogen-bond acceptors (Lipinski definition) is 3. The second kappa shape index (κ2) is 5.67. The van der Waals surface area contributed by atoms with E-state index in [0.29, 0.717) is 18.2 Å². The van der Waals surface area contributed by atoms with Gasteiger partial charge in [-0.25, -0.2) is 4.39 Å². The molecule has 19 heavy (non-hydrogen) atoms. The SMILES string of the molecule is Cc1ccc(F)cc1NC(=O)CN1CC(C)C(N)C1. The van der Waals surface area contributed by atoms with Crippen LogP contribution >= 0.6 is 0 Å². The number of benzene rings is 1. The van der Waals surface area contributed by atoms with E-state index in [-0.39, 0.29) is 17.8 Å². The Hall–Kier alpha value is -1.46. The van der Waals surface area contributed by atoms with Crippen LogP contribution in [0.5, 0.6) is 0 Å². The van der Waals surface area contributed by atoms with Gasteiger partial charge in [0.15, 0.2) is 0 Å². The molecule has 1 saturated heterocycles. The van der Waals surface area contributed by atoms with Crippen LogP contribution in [-0.4, -0.2) is 36.5 Å². The van der Waals surface area contributed by atoms with Gasteiger partial charge in [-0.1, -0.05) is 13.0 Å². The molecule has 4 nitrogen and oxygen atoms in total. The Morgan fingerprint density at radius 3 is 2.89 bits per heavy atom. The van der Waals surface area contributed by atoms with E-state index in [1.54, 1.807) is 6.07 Å². The van der Waals surface area contributed by atoms with Crippen molar-refractivity contribution < 1.29 is 9.18 Å². The lowest BCUT2D eigenvalue weighted by Gasteiger charge is -2.15. The second-order valence-corrected chi connectivity index (χ2v) is 5.34. The molecule has 0 aliphatic carbocycles. The molecule has 1 heterocycles. The number of likely N-dealkylation sites (tertiary alicyclic amines) is 1. The maximum atomic E-state index is 13.1. The molecule has 5 heteroatoms. The van der Waals surface area contributed by atoms with E-state index in [9.17, 15) is 9.18 Å². The van der Waals surface area contributed by atoms with Gasteiger partial charge >= 0.3 is 0 Å². The number of carbonyl (C=O) groups is 1. The van der Waals surface area contributed by atoms with Crippen LogP contribution < -0.4 is 11.1 Å². The first kappa shape index (κ1) is 14.0. The highest BCUT2D eigenvalue weighted by Crippen LogP contribution is 2.17. The van der Waals surface area contributed by atoms with Gasteiger partial charge in [-0.15, -0.1) is 0 Å². The van der Waals surface area contributed by atoms with Gasteiger partial charge in [0.05, 0.1) is 6.54 Å². The predicted octanol–water partition coefficient (Wildman–Crippen LogP) is 1.35. The van der Waals surface area contributed by atoms with Gasteiger partial charge in [0.2, 0.25) is 5.91 Å². The van der Waals surface area contributed by atoms with E-state index in [1.807, 2.05) is 11.8 Å². The van der Waals surface area contributed by atoms with E-state index in [2.05, 4.69) is 12.2 Å². The molecule has 2 atom stereocenters. The Morgan fingerprint density at radius 2 is 2.26 bits per heavy atom. The molecule has 0 spiro atoms. The summed E-state index contributed by atoms with van der Waals surface area (Å²) >= 11 is 0. The van der Waals surface area contributed by atoms with Crippen molar-refractivity contribution in [3.05, 3.63) is 29.6 Å². The van der Waals surface area contributed by atoms with Crippen molar-refractivity contribution in [3.63, 3.8) is 0 Å². The van der Waals surface area contributed by atoms with Gasteiger partial charge in [-0.3, -0.25) is 9.69 Å². The van der Waals surface area contributed by atoms with Crippen LogP contribution in [0.2, 0.25) is 0 Å². The van der Waals surface area contributed by atoms with Crippen molar-refractivity contribution in [3.8, 4) is 0 Å². The number of hydrogen-bond donors (Lipinski definition) is 2. The number of aryl methyl sites for hydroxylation is 1. The van der Waals surface area contributed by atoms with Crippen LogP contribution in [0.25, 0.3) is 0 Å². The lowest BCUT2D eigenvalue weighted by atomic mass is 10.1. The molecule has 1 aliphatic heterocycles. The Labute approximate surface area is 112 Å². The summed E-state index contributed by atoms with van der Waals surface area (Å²) in [7, 11) is 0. The molecule has 2 unspecified atom stereocenters. The fourth-order valence-corrected chi connectivity index (χ4v) is 2.35. The van der Waals surface area contributed by atoms with Gasteiger partial charge in [-0.05, 0) is 30.5 Å². The number of anilines is 1. The molecule has 1 aromatic carbocycles. The Bertz CT molecular complexity index is 468. The highest BCUT2D eigenvalue weighted by Gasteiger charge is 2.27. The third-order valence-corrected chi connectivity index (χ3v) is 3.59. The zero-order chi connectivity index (χ0) is 14.0. The number of nitrogens with zero attached hydrogens (tertiary/aromatic N) is 1. The summed E-state index contributed by atoms with van der Waals surface area (Å²) in [6.45, 7) is 5.78. The highest BCUT2D eigenvalue weighted by atomic mass is 19.1. The standard InChI is InChI=1S/C14H20FN3O/c1-9-3-4-11(15)5-13(9)17-14(19)8-18-6-10(2)12(16)7-18/h3-5,10,12H,6-8,16H2,1-2H3,(H,17,19). The van der Waals surface area contributed by atoms with E-state index in [1.165, 1.54) is 12.1 Å². The fourth-order valence-electron chi connectivity index (χ4n) is 2.35. The van der Waals surface area contributed by atoms with Crippen molar-refractivity contribution in [2.75, 3.05) is 25.0 Å². The van der Waals surface area contributed by atoms with Crippen LogP contribution in [0.4, 0.5) is 10.1 Å². The minimum Gasteiger partial charge on any atom is -0.326 e. The average molecular weight is 265 g/mol. The molecular formula is C14H20FN3O. The molecular weight excluding hydrogens is 245 g/mol. The van der Waals surface area contributed by atoms with Crippen molar-refractivity contribution in [1.29, 1.82) is 0 Å². The second-order valence-electron chi connectivity index (χ2n) is 5.34. The largest absolute Gasteiger partial charge is 0.326 e. The molecule has 0 radical (unpaired) electrons. The zero-order valence-corrected chi connectivity index (χ0v) is 11.3. The smallest absolute Gasteiger partial charge is 0.238 e. The van der Waals surface area contributed by atoms with E-state index >= 15 is 0 Å². The summed E-state index contributed by atoms with van der Waals surface area (Å²) in [5.41, 5.74) is 7.30. The molecule has 0 saturated carbocycles. The summed E-state index contributed by atoms with van der Waals surface area (Å²) in [6, 6.07) is 4.50. The van der Waals surface area contributed by atoms with Gasteiger partial charge < -0.3 is 11.1 Å². The predicted molar refractivity (Wildman–Crippen MR) is 73.3 cm³/mol. The minimum absolute atomic E-state index is 0.128. The van der Waals surface area contributed by atoms with Gasteiger partial charge in [0.1, 0.15) is 5.82 Å². The molecule has 104 valence electrons. The summed E-state index contributed by atoms with van der Waals surface area (Å²) in [6.07, 6.45) is 0. The Morgan fingerprint density at radius 1 is 1.53 bits per heavy atom. The highest BCUT2D eigenvalue weighted by molar-refractivity contribution is 5.93. The van der Waals surface area contributed by atoms with E-state index in [4.69, 9.17) is 5.73 Å². The number of nitrogens with one attached hydrogen (secondary N) is 1. The van der Waals surface area contributed by atoms with Crippen molar-refractivity contribution in [2.45, 2.75) is 19.9 Å². The topological polar surface area (TPSA) is 58.4 Å². The number of halogens is 1. The monoisotopic (exact) mass is 265 g/mol. The molecule has 0 aromatic heterocycles. The summed E-state index contributed by atoms with van der Waals surface area (Å²) in [5, 5.41) is 2.75. The van der Waals surface area contributed by atoms with Crippen LogP contribution in [0, 0.1) is 18.7 Å². The first-order valence-electron chi connectivity index (χ1n) is 6.49. The summed E-state index contributed by atoms with van der Waals surface area (Å²) in [4.78, 5) is 14.0. The van der Waals surface area contributed by atoms with Crippen molar-refractivity contribution in [1.82, 2.24) is 4.90 Å². The molecule has 3 N–H and O–H groups in total. The fraction of sp³-hybridized carbons (Fsp3) is 0.500. The maximum Gasteiger partial charge on any atom is 0.238 e. The average Bonchev–Trinajstić information content (AvgIpc) is 2.63. The van der Waals surface area contributed by atoms with Gasteiger partial charge in [0.25, 0.3) is 0 Å². The lowest BCUT2D eigenvalue weighted by molar-refractivity contribution is -0.117. The van der Waals surface area contributed by atoms with Crippen LogP contribution in [0.3, 0.4) is 0 Å². The number of amides is 1. The summed E-state index contributed by atoms with van der Waals surface area (Å²) in [5.74, 6) is -0.0728. The Kier molecular flexibility index (Phi) is 4.17. The third-order valence-electron chi connectivity index (χ3n) is 3.59. The first-order valence-corrected chi connectivity index (χ1v) is 6.49. The maximum absolute atomic E-state index is 13.1. The van der Waals surface area contributed by atoms with Gasteiger partial charge in [0, 0.05) is 24.8 Å². The molecule has 1 aromatic rings. The van der Waals surface area contributed by atoms with E-state index in [0.717, 1.165) is 18.7 Å². The third kappa shape index (κ3) is 3.52. The van der Waals surface area contributed by atoms with Crippen molar-refractivity contribution >= 4 is 11.6 Å². The minimum atomic E-state index is -0.349. The van der Waals surface area contributed by atoms with E-state index < -0.39 is 0 Å². The lowest BCUT2D eigenvalue weighted by Crippen LogP contribution is -2.33. The van der Waals surface area contributed by atoms with Crippen LogP contribution in [-0.2, 0) is 4.79 Å². The zero-order valence-electron chi connectivity index (χ0n) is 11.3. The van der Waals surface area contributed by atoms with Crippen LogP contribution in [0.1, 0.15) is 12.5 Å². The van der Waals surface area contributed by atoms with Crippen molar-refractivity contribution in [2.24, 2.45) is 11.7 Å². The molecule has 0 bridgehead atoms. The molecule has 1 fully saturated rings. The molecule has 2 rings (SSSR count). The summed E-state index contributed by atoms with van der Waals surface area (Å²) < 4.78 is 13.1. The molecule has 1 aliphatic rings. The number of carbonyl (C=O) groups excluding carboxylic acids is 1.